The van der Waals surface area contributed by atoms with Gasteiger partial charge in [-0.3, -0.25) is 0 Å². The van der Waals surface area contributed by atoms with Gasteiger partial charge in [0.2, 0.25) is 0 Å². The minimum Gasteiger partial charge on any atom is -0.461 e. The number of benzene rings is 1. The number of fused-ring (bicyclic) bond motifs is 1. The smallest absolute Gasteiger partial charge is 0.190 e. The maximum Gasteiger partial charge on any atom is 0.190 e. The number of thiazole rings is 1. The Morgan fingerprint density at radius 3 is 2.85 bits per heavy atom. The van der Waals surface area contributed by atoms with Crippen LogP contribution in [0, 0.1) is 6.92 Å². The van der Waals surface area contributed by atoms with Crippen LogP contribution in [0.15, 0.2) is 46.5 Å². The topological polar surface area (TPSA) is 75.3 Å². The van der Waals surface area contributed by atoms with Gasteiger partial charge in [0.05, 0.1) is 17.8 Å². The van der Waals surface area contributed by atoms with Gasteiger partial charge in [0.15, 0.2) is 5.13 Å². The number of anilines is 2. The van der Waals surface area contributed by atoms with Crippen LogP contribution >= 0.6 is 11.3 Å². The molecule has 6 nitrogen and oxygen atoms in total. The van der Waals surface area contributed by atoms with E-state index in [0.717, 1.165) is 44.6 Å². The average molecular weight is 366 g/mol. The quantitative estimate of drug-likeness (QED) is 0.576. The van der Waals surface area contributed by atoms with Crippen molar-refractivity contribution in [2.24, 2.45) is 0 Å². The second-order valence-electron chi connectivity index (χ2n) is 6.00. The molecule has 3 aromatic heterocycles. The van der Waals surface area contributed by atoms with E-state index in [4.69, 9.17) is 9.52 Å². The molecule has 0 fully saturated rings. The van der Waals surface area contributed by atoms with Gasteiger partial charge >= 0.3 is 0 Å². The molecule has 3 heterocycles. The predicted octanol–water partition coefficient (Wildman–Crippen LogP) is 3.96. The summed E-state index contributed by atoms with van der Waals surface area (Å²) in [6, 6.07) is 9.79. The fourth-order valence-corrected chi connectivity index (χ4v) is 3.60. The lowest BCUT2D eigenvalue weighted by Gasteiger charge is -2.16. The van der Waals surface area contributed by atoms with Gasteiger partial charge in [-0.2, -0.15) is 0 Å². The lowest BCUT2D eigenvalue weighted by Crippen LogP contribution is -2.11. The molecule has 0 radical (unpaired) electrons. The average Bonchev–Trinajstić information content (AvgIpc) is 3.30. The van der Waals surface area contributed by atoms with Gasteiger partial charge in [0, 0.05) is 29.8 Å². The van der Waals surface area contributed by atoms with Gasteiger partial charge < -0.3 is 14.4 Å². The standard InChI is InChI=1S/C19H18N4O2S/c1-12-10-26-19(22-12)23(2)18-15-9-13(3-5-16(15)20-11-21-18)17-6-4-14(25-17)7-8-24/h3-6,9-11,24H,7-8H2,1-2H3. The predicted molar refractivity (Wildman–Crippen MR) is 103 cm³/mol. The first kappa shape index (κ1) is 16.7. The largest absolute Gasteiger partial charge is 0.461 e. The van der Waals surface area contributed by atoms with Crippen LogP contribution in [-0.4, -0.2) is 33.7 Å². The second kappa shape index (κ2) is 6.86. The van der Waals surface area contributed by atoms with Crippen LogP contribution in [0.3, 0.4) is 0 Å². The third-order valence-electron chi connectivity index (χ3n) is 4.13. The van der Waals surface area contributed by atoms with Crippen molar-refractivity contribution in [3.05, 3.63) is 53.5 Å². The summed E-state index contributed by atoms with van der Waals surface area (Å²) in [5.41, 5.74) is 2.80. The summed E-state index contributed by atoms with van der Waals surface area (Å²) in [4.78, 5) is 15.4. The Labute approximate surface area is 154 Å². The van der Waals surface area contributed by atoms with Gasteiger partial charge in [0.25, 0.3) is 0 Å². The number of nitrogens with zero attached hydrogens (tertiary/aromatic N) is 4. The van der Waals surface area contributed by atoms with Crippen LogP contribution < -0.4 is 4.90 Å². The fraction of sp³-hybridized carbons (Fsp3) is 0.211. The molecule has 0 amide bonds. The van der Waals surface area contributed by atoms with Crippen molar-refractivity contribution in [2.75, 3.05) is 18.6 Å². The summed E-state index contributed by atoms with van der Waals surface area (Å²) in [5.74, 6) is 2.33. The maximum atomic E-state index is 9.06. The Kier molecular flexibility index (Phi) is 4.40. The third kappa shape index (κ3) is 3.07. The van der Waals surface area contributed by atoms with Gasteiger partial charge in [-0.1, -0.05) is 0 Å². The number of furan rings is 1. The molecule has 132 valence electrons. The number of hydrogen-bond donors (Lipinski definition) is 1. The molecule has 0 bridgehead atoms. The van der Waals surface area contributed by atoms with E-state index in [9.17, 15) is 0 Å². The van der Waals surface area contributed by atoms with E-state index in [2.05, 4.69) is 15.0 Å². The normalized spacial score (nSPS) is 11.2. The van der Waals surface area contributed by atoms with Crippen molar-refractivity contribution in [3.63, 3.8) is 0 Å². The van der Waals surface area contributed by atoms with E-state index in [1.165, 1.54) is 0 Å². The van der Waals surface area contributed by atoms with E-state index in [0.29, 0.717) is 6.42 Å². The van der Waals surface area contributed by atoms with Gasteiger partial charge in [0.1, 0.15) is 23.7 Å². The van der Waals surface area contributed by atoms with Crippen LogP contribution in [0.2, 0.25) is 0 Å². The molecule has 0 aliphatic carbocycles. The highest BCUT2D eigenvalue weighted by molar-refractivity contribution is 7.13. The van der Waals surface area contributed by atoms with Crippen molar-refractivity contribution >= 4 is 33.2 Å². The van der Waals surface area contributed by atoms with E-state index in [1.54, 1.807) is 17.7 Å². The highest BCUT2D eigenvalue weighted by Gasteiger charge is 2.15. The molecule has 0 aliphatic heterocycles. The van der Waals surface area contributed by atoms with Crippen LogP contribution in [0.5, 0.6) is 0 Å². The summed E-state index contributed by atoms with van der Waals surface area (Å²) in [5, 5.41) is 12.9. The Hall–Kier alpha value is -2.77. The number of aliphatic hydroxyl groups is 1. The van der Waals surface area contributed by atoms with Crippen LogP contribution in [0.25, 0.3) is 22.2 Å². The summed E-state index contributed by atoms with van der Waals surface area (Å²) in [6.07, 6.45) is 2.08. The number of aliphatic hydroxyl groups excluding tert-OH is 1. The molecule has 0 saturated heterocycles. The Morgan fingerprint density at radius 2 is 2.08 bits per heavy atom. The van der Waals surface area contributed by atoms with E-state index < -0.39 is 0 Å². The van der Waals surface area contributed by atoms with Crippen molar-refractivity contribution in [1.29, 1.82) is 0 Å². The molecule has 1 aromatic carbocycles. The fourth-order valence-electron chi connectivity index (χ4n) is 2.83. The molecular formula is C19H18N4O2S. The Morgan fingerprint density at radius 1 is 1.19 bits per heavy atom. The Bertz CT molecular complexity index is 1060. The number of aromatic nitrogens is 3. The van der Waals surface area contributed by atoms with E-state index in [1.807, 2.05) is 54.6 Å². The van der Waals surface area contributed by atoms with Crippen LogP contribution in [0.1, 0.15) is 11.5 Å². The van der Waals surface area contributed by atoms with Gasteiger partial charge in [-0.25, -0.2) is 15.0 Å². The number of hydrogen-bond acceptors (Lipinski definition) is 7. The van der Waals surface area contributed by atoms with Crippen LogP contribution in [-0.2, 0) is 6.42 Å². The van der Waals surface area contributed by atoms with Crippen LogP contribution in [0.4, 0.5) is 10.9 Å². The zero-order valence-electron chi connectivity index (χ0n) is 14.5. The number of aryl methyl sites for hydroxylation is 1. The monoisotopic (exact) mass is 366 g/mol. The molecule has 0 spiro atoms. The van der Waals surface area contributed by atoms with Crippen molar-refractivity contribution in [3.8, 4) is 11.3 Å². The minimum atomic E-state index is 0.0701. The molecule has 0 saturated carbocycles. The second-order valence-corrected chi connectivity index (χ2v) is 6.84. The van der Waals surface area contributed by atoms with Crippen molar-refractivity contribution in [1.82, 2.24) is 15.0 Å². The summed E-state index contributed by atoms with van der Waals surface area (Å²) < 4.78 is 5.82. The summed E-state index contributed by atoms with van der Waals surface area (Å²) in [6.45, 7) is 2.05. The van der Waals surface area contributed by atoms with Crippen molar-refractivity contribution < 1.29 is 9.52 Å². The summed E-state index contributed by atoms with van der Waals surface area (Å²) >= 11 is 1.58. The van der Waals surface area contributed by atoms with E-state index >= 15 is 0 Å². The lowest BCUT2D eigenvalue weighted by atomic mass is 10.1. The molecule has 4 rings (SSSR count). The first-order valence-electron chi connectivity index (χ1n) is 8.26. The number of rotatable bonds is 5. The Balaban J connectivity index is 1.79. The van der Waals surface area contributed by atoms with E-state index in [-0.39, 0.29) is 6.61 Å². The first-order valence-corrected chi connectivity index (χ1v) is 9.14. The lowest BCUT2D eigenvalue weighted by molar-refractivity contribution is 0.288. The van der Waals surface area contributed by atoms with Crippen molar-refractivity contribution in [2.45, 2.75) is 13.3 Å². The molecular weight excluding hydrogens is 348 g/mol. The molecule has 7 heteroatoms. The minimum absolute atomic E-state index is 0.0701. The maximum absolute atomic E-state index is 9.06. The molecule has 0 unspecified atom stereocenters. The highest BCUT2D eigenvalue weighted by atomic mass is 32.1. The highest BCUT2D eigenvalue weighted by Crippen LogP contribution is 2.33. The molecule has 1 N–H and O–H groups in total. The molecule has 0 atom stereocenters. The zero-order valence-corrected chi connectivity index (χ0v) is 15.3. The van der Waals surface area contributed by atoms with Gasteiger partial charge in [-0.05, 0) is 37.3 Å². The third-order valence-corrected chi connectivity index (χ3v) is 5.17. The molecule has 4 aromatic rings. The zero-order chi connectivity index (χ0) is 18.1. The molecule has 26 heavy (non-hydrogen) atoms. The summed E-state index contributed by atoms with van der Waals surface area (Å²) in [7, 11) is 1.96. The SMILES string of the molecule is Cc1csc(N(C)c2ncnc3ccc(-c4ccc(CCO)o4)cc23)n1. The first-order chi connectivity index (χ1) is 12.7. The van der Waals surface area contributed by atoms with Gasteiger partial charge in [-0.15, -0.1) is 11.3 Å². The molecule has 0 aliphatic rings.